The zero-order valence-electron chi connectivity index (χ0n) is 8.86. The van der Waals surface area contributed by atoms with Crippen molar-refractivity contribution in [3.8, 4) is 0 Å². The Labute approximate surface area is 75.5 Å². The normalized spacial score (nSPS) is 17.5. The number of hydrogen-bond donors (Lipinski definition) is 3. The first kappa shape index (κ1) is 11.9. The summed E-state index contributed by atoms with van der Waals surface area (Å²) in [6.45, 7) is 10.8. The Kier molecular flexibility index (Phi) is 4.17. The zero-order chi connectivity index (χ0) is 9.83. The molecular formula is C9H22N2O. The lowest BCUT2D eigenvalue weighted by atomic mass is 9.80. The van der Waals surface area contributed by atoms with E-state index in [2.05, 4.69) is 40.0 Å². The maximum absolute atomic E-state index is 8.57. The van der Waals surface area contributed by atoms with Crippen LogP contribution in [-0.4, -0.2) is 10.7 Å². The van der Waals surface area contributed by atoms with Crippen LogP contribution in [0.1, 0.15) is 47.5 Å². The van der Waals surface area contributed by atoms with Crippen molar-refractivity contribution in [2.45, 2.75) is 53.0 Å². The van der Waals surface area contributed by atoms with E-state index < -0.39 is 0 Å². The van der Waals surface area contributed by atoms with Gasteiger partial charge in [0.1, 0.15) is 0 Å². The lowest BCUT2D eigenvalue weighted by Crippen LogP contribution is -2.50. The summed E-state index contributed by atoms with van der Waals surface area (Å²) in [6.07, 6.45) is 2.00. The van der Waals surface area contributed by atoms with E-state index in [0.717, 1.165) is 12.8 Å². The summed E-state index contributed by atoms with van der Waals surface area (Å²) < 4.78 is 0. The van der Waals surface area contributed by atoms with Crippen molar-refractivity contribution in [3.63, 3.8) is 0 Å². The molecule has 3 N–H and O–H groups in total. The molecule has 0 amide bonds. The molecule has 3 heteroatoms. The Morgan fingerprint density at radius 2 is 1.67 bits per heavy atom. The summed E-state index contributed by atoms with van der Waals surface area (Å²) in [4.78, 5) is 0. The molecule has 1 atom stereocenters. The first-order chi connectivity index (χ1) is 5.33. The van der Waals surface area contributed by atoms with E-state index in [0.29, 0.717) is 0 Å². The minimum atomic E-state index is -0.0347. The molecule has 0 rings (SSSR count). The molecule has 0 saturated heterocycles. The van der Waals surface area contributed by atoms with Gasteiger partial charge in [-0.1, -0.05) is 27.7 Å². The molecule has 0 aliphatic carbocycles. The second-order valence-electron chi connectivity index (χ2n) is 4.89. The highest BCUT2D eigenvalue weighted by Gasteiger charge is 2.27. The van der Waals surface area contributed by atoms with Crippen molar-refractivity contribution in [1.29, 1.82) is 0 Å². The summed E-state index contributed by atoms with van der Waals surface area (Å²) in [5.74, 6) is 0. The third kappa shape index (κ3) is 4.70. The van der Waals surface area contributed by atoms with E-state index in [-0.39, 0.29) is 11.0 Å². The molecule has 0 aromatic carbocycles. The maximum Gasteiger partial charge on any atom is 0.0319 e. The van der Waals surface area contributed by atoms with Crippen molar-refractivity contribution >= 4 is 0 Å². The molecule has 1 unspecified atom stereocenters. The second kappa shape index (κ2) is 4.21. The molecule has 0 radical (unpaired) electrons. The minimum absolute atomic E-state index is 0.0347. The van der Waals surface area contributed by atoms with Gasteiger partial charge < -0.3 is 5.21 Å². The van der Waals surface area contributed by atoms with Gasteiger partial charge in [0.25, 0.3) is 0 Å². The van der Waals surface area contributed by atoms with Crippen LogP contribution in [0.5, 0.6) is 0 Å². The summed E-state index contributed by atoms with van der Waals surface area (Å²) in [5, 5.41) is 8.57. The van der Waals surface area contributed by atoms with Crippen molar-refractivity contribution < 1.29 is 5.21 Å². The average molecular weight is 174 g/mol. The Hall–Kier alpha value is -0.120. The molecular weight excluding hydrogens is 152 g/mol. The fourth-order valence-corrected chi connectivity index (χ4v) is 1.56. The second-order valence-corrected chi connectivity index (χ2v) is 4.89. The van der Waals surface area contributed by atoms with Gasteiger partial charge in [-0.25, -0.2) is 5.43 Å². The van der Waals surface area contributed by atoms with Crippen LogP contribution in [0.4, 0.5) is 0 Å². The highest BCUT2D eigenvalue weighted by atomic mass is 16.5. The molecule has 0 bridgehead atoms. The molecule has 3 nitrogen and oxygen atoms in total. The SMILES string of the molecule is CCC(C)(CC(C)(C)C)NNO. The van der Waals surface area contributed by atoms with Gasteiger partial charge in [0.15, 0.2) is 0 Å². The Balaban J connectivity index is 4.14. The summed E-state index contributed by atoms with van der Waals surface area (Å²) in [6, 6.07) is 0. The third-order valence-electron chi connectivity index (χ3n) is 2.06. The quantitative estimate of drug-likeness (QED) is 0.572. The number of hydrogen-bond acceptors (Lipinski definition) is 3. The first-order valence-corrected chi connectivity index (χ1v) is 4.49. The molecule has 0 heterocycles. The third-order valence-corrected chi connectivity index (χ3v) is 2.06. The van der Waals surface area contributed by atoms with Crippen LogP contribution in [0, 0.1) is 5.41 Å². The van der Waals surface area contributed by atoms with Crippen LogP contribution >= 0.6 is 0 Å². The van der Waals surface area contributed by atoms with Crippen LogP contribution in [0.3, 0.4) is 0 Å². The van der Waals surface area contributed by atoms with E-state index in [1.807, 2.05) is 5.59 Å². The van der Waals surface area contributed by atoms with Crippen LogP contribution in [-0.2, 0) is 0 Å². The van der Waals surface area contributed by atoms with E-state index >= 15 is 0 Å². The maximum atomic E-state index is 8.57. The van der Waals surface area contributed by atoms with Crippen LogP contribution in [0.25, 0.3) is 0 Å². The fourth-order valence-electron chi connectivity index (χ4n) is 1.56. The van der Waals surface area contributed by atoms with Gasteiger partial charge in [-0.3, -0.25) is 0 Å². The van der Waals surface area contributed by atoms with Gasteiger partial charge in [-0.15, -0.1) is 5.59 Å². The monoisotopic (exact) mass is 174 g/mol. The average Bonchev–Trinajstić information content (AvgIpc) is 1.84. The topological polar surface area (TPSA) is 44.3 Å². The van der Waals surface area contributed by atoms with Gasteiger partial charge in [0.2, 0.25) is 0 Å². The van der Waals surface area contributed by atoms with Gasteiger partial charge in [0, 0.05) is 5.54 Å². The number of nitrogens with one attached hydrogen (secondary N) is 2. The summed E-state index contributed by atoms with van der Waals surface area (Å²) >= 11 is 0. The van der Waals surface area contributed by atoms with Crippen molar-refractivity contribution in [3.05, 3.63) is 0 Å². The van der Waals surface area contributed by atoms with Crippen molar-refractivity contribution in [1.82, 2.24) is 11.0 Å². The lowest BCUT2D eigenvalue weighted by Gasteiger charge is -2.35. The first-order valence-electron chi connectivity index (χ1n) is 4.49. The Morgan fingerprint density at radius 1 is 1.17 bits per heavy atom. The molecule has 0 aliphatic rings. The van der Waals surface area contributed by atoms with E-state index in [4.69, 9.17) is 5.21 Å². The molecule has 0 saturated carbocycles. The van der Waals surface area contributed by atoms with Crippen molar-refractivity contribution in [2.24, 2.45) is 5.41 Å². The van der Waals surface area contributed by atoms with Gasteiger partial charge in [0.05, 0.1) is 0 Å². The molecule has 0 aliphatic heterocycles. The Bertz CT molecular complexity index is 131. The minimum Gasteiger partial charge on any atom is -0.302 e. The highest BCUT2D eigenvalue weighted by molar-refractivity contribution is 4.84. The lowest BCUT2D eigenvalue weighted by molar-refractivity contribution is 0.0592. The van der Waals surface area contributed by atoms with Crippen LogP contribution in [0.15, 0.2) is 0 Å². The molecule has 74 valence electrons. The molecule has 0 spiro atoms. The van der Waals surface area contributed by atoms with E-state index in [1.54, 1.807) is 0 Å². The van der Waals surface area contributed by atoms with Gasteiger partial charge >= 0.3 is 0 Å². The predicted molar refractivity (Wildman–Crippen MR) is 50.8 cm³/mol. The molecule has 0 aromatic heterocycles. The van der Waals surface area contributed by atoms with Gasteiger partial charge in [-0.2, -0.15) is 0 Å². The molecule has 12 heavy (non-hydrogen) atoms. The van der Waals surface area contributed by atoms with E-state index in [1.165, 1.54) is 0 Å². The van der Waals surface area contributed by atoms with E-state index in [9.17, 15) is 0 Å². The highest BCUT2D eigenvalue weighted by Crippen LogP contribution is 2.28. The zero-order valence-corrected chi connectivity index (χ0v) is 8.86. The van der Waals surface area contributed by atoms with Crippen molar-refractivity contribution in [2.75, 3.05) is 0 Å². The molecule has 0 aromatic rings. The van der Waals surface area contributed by atoms with Crippen LogP contribution in [0.2, 0.25) is 0 Å². The largest absolute Gasteiger partial charge is 0.302 e. The summed E-state index contributed by atoms with van der Waals surface area (Å²) in [7, 11) is 0. The fraction of sp³-hybridized carbons (Fsp3) is 1.00. The molecule has 0 fully saturated rings. The Morgan fingerprint density at radius 3 is 1.92 bits per heavy atom. The predicted octanol–water partition coefficient (Wildman–Crippen LogP) is 2.07. The summed E-state index contributed by atoms with van der Waals surface area (Å²) in [5.41, 5.74) is 5.14. The van der Waals surface area contributed by atoms with Crippen LogP contribution < -0.4 is 11.0 Å². The standard InChI is InChI=1S/C9H22N2O/c1-6-9(5,10-11-12)7-8(2,3)4/h10-12H,6-7H2,1-5H3. The van der Waals surface area contributed by atoms with Gasteiger partial charge in [-0.05, 0) is 25.2 Å². The number of hydrazine groups is 1. The number of rotatable bonds is 4. The smallest absolute Gasteiger partial charge is 0.0319 e.